The predicted molar refractivity (Wildman–Crippen MR) is 85.5 cm³/mol. The van der Waals surface area contributed by atoms with Crippen LogP contribution in [0, 0.1) is 0 Å². The van der Waals surface area contributed by atoms with Gasteiger partial charge in [0, 0.05) is 28.5 Å². The lowest BCUT2D eigenvalue weighted by Gasteiger charge is -2.08. The summed E-state index contributed by atoms with van der Waals surface area (Å²) in [6, 6.07) is 8.63. The molecule has 2 aromatic rings. The van der Waals surface area contributed by atoms with Gasteiger partial charge in [0.2, 0.25) is 0 Å². The van der Waals surface area contributed by atoms with Crippen molar-refractivity contribution in [3.05, 3.63) is 51.6 Å². The van der Waals surface area contributed by atoms with Gasteiger partial charge in [0.05, 0.1) is 5.02 Å². The highest BCUT2D eigenvalue weighted by Crippen LogP contribution is 2.25. The zero-order chi connectivity index (χ0) is 14.5. The second kappa shape index (κ2) is 6.72. The Kier molecular flexibility index (Phi) is 4.98. The fourth-order valence-corrected chi connectivity index (χ4v) is 2.05. The van der Waals surface area contributed by atoms with Gasteiger partial charge in [-0.05, 0) is 53.2 Å². The largest absolute Gasteiger partial charge is 0.370 e. The maximum Gasteiger partial charge on any atom is 0.255 e. The fourth-order valence-electron chi connectivity index (χ4n) is 1.63. The van der Waals surface area contributed by atoms with E-state index in [9.17, 15) is 4.79 Å². The number of halogens is 2. The molecule has 2 N–H and O–H groups in total. The summed E-state index contributed by atoms with van der Waals surface area (Å²) in [7, 11) is 0. The predicted octanol–water partition coefficient (Wildman–Crippen LogP) is 4.18. The molecule has 0 unspecified atom stereocenters. The molecule has 20 heavy (non-hydrogen) atoms. The molecular formula is C14H13BrClN3O. The molecule has 0 aliphatic carbocycles. The van der Waals surface area contributed by atoms with E-state index in [0.717, 1.165) is 11.0 Å². The van der Waals surface area contributed by atoms with E-state index in [-0.39, 0.29) is 5.91 Å². The summed E-state index contributed by atoms with van der Waals surface area (Å²) in [6.07, 6.45) is 1.60. The number of nitrogens with one attached hydrogen (secondary N) is 2. The van der Waals surface area contributed by atoms with Crippen LogP contribution in [-0.2, 0) is 0 Å². The number of amides is 1. The van der Waals surface area contributed by atoms with Gasteiger partial charge in [-0.15, -0.1) is 0 Å². The average molecular weight is 355 g/mol. The van der Waals surface area contributed by atoms with Gasteiger partial charge in [0.25, 0.3) is 5.91 Å². The van der Waals surface area contributed by atoms with Gasteiger partial charge in [-0.25, -0.2) is 4.98 Å². The van der Waals surface area contributed by atoms with Crippen LogP contribution in [-0.4, -0.2) is 17.4 Å². The molecule has 0 saturated heterocycles. The van der Waals surface area contributed by atoms with Crippen LogP contribution in [0.1, 0.15) is 17.3 Å². The van der Waals surface area contributed by atoms with Gasteiger partial charge < -0.3 is 10.6 Å². The highest BCUT2D eigenvalue weighted by atomic mass is 79.9. The minimum Gasteiger partial charge on any atom is -0.370 e. The summed E-state index contributed by atoms with van der Waals surface area (Å²) >= 11 is 9.30. The third-order valence-corrected chi connectivity index (χ3v) is 3.79. The molecule has 2 rings (SSSR count). The van der Waals surface area contributed by atoms with Gasteiger partial charge in [-0.1, -0.05) is 11.6 Å². The van der Waals surface area contributed by atoms with E-state index in [0.29, 0.717) is 22.1 Å². The lowest BCUT2D eigenvalue weighted by atomic mass is 10.2. The van der Waals surface area contributed by atoms with Crippen molar-refractivity contribution in [1.82, 2.24) is 4.98 Å². The second-order valence-corrected chi connectivity index (χ2v) is 5.30. The highest BCUT2D eigenvalue weighted by Gasteiger charge is 2.08. The van der Waals surface area contributed by atoms with E-state index in [4.69, 9.17) is 11.6 Å². The lowest BCUT2D eigenvalue weighted by molar-refractivity contribution is 0.102. The fraction of sp³-hybridized carbons (Fsp3) is 0.143. The van der Waals surface area contributed by atoms with E-state index in [1.54, 1.807) is 36.5 Å². The quantitative estimate of drug-likeness (QED) is 0.866. The number of aromatic nitrogens is 1. The molecule has 0 spiro atoms. The standard InChI is InChI=1S/C14H13BrClN3O/c1-2-17-13-7-9(5-6-18-13)14(20)19-10-3-4-11(15)12(16)8-10/h3-8H,2H2,1H3,(H,17,18)(H,19,20). The number of carbonyl (C=O) groups excluding carboxylic acids is 1. The summed E-state index contributed by atoms with van der Waals surface area (Å²) in [6.45, 7) is 2.72. The summed E-state index contributed by atoms with van der Waals surface area (Å²) in [4.78, 5) is 16.3. The smallest absolute Gasteiger partial charge is 0.255 e. The summed E-state index contributed by atoms with van der Waals surface area (Å²) < 4.78 is 0.788. The molecule has 0 fully saturated rings. The molecule has 1 heterocycles. The number of rotatable bonds is 4. The molecule has 0 bridgehead atoms. The maximum absolute atomic E-state index is 12.1. The number of nitrogens with zero attached hydrogens (tertiary/aromatic N) is 1. The first-order valence-corrected chi connectivity index (χ1v) is 7.23. The Morgan fingerprint density at radius 1 is 1.35 bits per heavy atom. The molecule has 0 aliphatic rings. The van der Waals surface area contributed by atoms with E-state index in [2.05, 4.69) is 31.5 Å². The first-order chi connectivity index (χ1) is 9.60. The molecule has 0 radical (unpaired) electrons. The van der Waals surface area contributed by atoms with Gasteiger partial charge >= 0.3 is 0 Å². The van der Waals surface area contributed by atoms with E-state index in [1.807, 2.05) is 6.92 Å². The molecule has 1 aromatic heterocycles. The summed E-state index contributed by atoms with van der Waals surface area (Å²) in [5.74, 6) is 0.471. The van der Waals surface area contributed by atoms with Crippen LogP contribution in [0.25, 0.3) is 0 Å². The lowest BCUT2D eigenvalue weighted by Crippen LogP contribution is -2.12. The van der Waals surface area contributed by atoms with E-state index < -0.39 is 0 Å². The third kappa shape index (κ3) is 3.71. The van der Waals surface area contributed by atoms with Gasteiger partial charge in [-0.3, -0.25) is 4.79 Å². The monoisotopic (exact) mass is 353 g/mol. The van der Waals surface area contributed by atoms with Crippen molar-refractivity contribution in [1.29, 1.82) is 0 Å². The Bertz CT molecular complexity index is 634. The Labute approximate surface area is 130 Å². The number of hydrogen-bond acceptors (Lipinski definition) is 3. The van der Waals surface area contributed by atoms with Crippen molar-refractivity contribution in [2.45, 2.75) is 6.92 Å². The minimum absolute atomic E-state index is 0.204. The van der Waals surface area contributed by atoms with Gasteiger partial charge in [0.15, 0.2) is 0 Å². The second-order valence-electron chi connectivity index (χ2n) is 4.04. The highest BCUT2D eigenvalue weighted by molar-refractivity contribution is 9.10. The Balaban J connectivity index is 2.15. The van der Waals surface area contributed by atoms with Gasteiger partial charge in [0.1, 0.15) is 5.82 Å². The Hall–Kier alpha value is -1.59. The molecule has 1 amide bonds. The minimum atomic E-state index is -0.204. The Morgan fingerprint density at radius 3 is 2.85 bits per heavy atom. The summed E-state index contributed by atoms with van der Waals surface area (Å²) in [5.41, 5.74) is 1.18. The van der Waals surface area contributed by atoms with Crippen LogP contribution >= 0.6 is 27.5 Å². The zero-order valence-electron chi connectivity index (χ0n) is 10.8. The maximum atomic E-state index is 12.1. The van der Waals surface area contributed by atoms with Crippen molar-refractivity contribution in [3.8, 4) is 0 Å². The molecule has 4 nitrogen and oxygen atoms in total. The zero-order valence-corrected chi connectivity index (χ0v) is 13.1. The number of benzene rings is 1. The Morgan fingerprint density at radius 2 is 2.15 bits per heavy atom. The first-order valence-electron chi connectivity index (χ1n) is 6.06. The average Bonchev–Trinajstić information content (AvgIpc) is 2.43. The first kappa shape index (κ1) is 14.8. The molecule has 0 aliphatic heterocycles. The number of hydrogen-bond donors (Lipinski definition) is 2. The van der Waals surface area contributed by atoms with E-state index in [1.165, 1.54) is 0 Å². The van der Waals surface area contributed by atoms with Crippen LogP contribution in [0.3, 0.4) is 0 Å². The number of anilines is 2. The number of carbonyl (C=O) groups is 1. The van der Waals surface area contributed by atoms with Crippen LogP contribution in [0.5, 0.6) is 0 Å². The van der Waals surface area contributed by atoms with Crippen molar-refractivity contribution in [2.75, 3.05) is 17.2 Å². The molecule has 1 aromatic carbocycles. The van der Waals surface area contributed by atoms with Crippen molar-refractivity contribution in [2.24, 2.45) is 0 Å². The van der Waals surface area contributed by atoms with Crippen molar-refractivity contribution >= 4 is 44.9 Å². The topological polar surface area (TPSA) is 54.0 Å². The molecule has 6 heteroatoms. The molecule has 0 saturated carbocycles. The number of pyridine rings is 1. The molecule has 104 valence electrons. The van der Waals surface area contributed by atoms with Gasteiger partial charge in [-0.2, -0.15) is 0 Å². The van der Waals surface area contributed by atoms with Crippen molar-refractivity contribution in [3.63, 3.8) is 0 Å². The van der Waals surface area contributed by atoms with Crippen molar-refractivity contribution < 1.29 is 4.79 Å². The van der Waals surface area contributed by atoms with Crippen LogP contribution in [0.15, 0.2) is 41.0 Å². The van der Waals surface area contributed by atoms with Crippen LogP contribution in [0.4, 0.5) is 11.5 Å². The molecular weight excluding hydrogens is 342 g/mol. The van der Waals surface area contributed by atoms with Crippen LogP contribution in [0.2, 0.25) is 5.02 Å². The van der Waals surface area contributed by atoms with Crippen LogP contribution < -0.4 is 10.6 Å². The molecule has 0 atom stereocenters. The third-order valence-electron chi connectivity index (χ3n) is 2.56. The normalized spacial score (nSPS) is 10.2. The van der Waals surface area contributed by atoms with E-state index >= 15 is 0 Å². The SMILES string of the molecule is CCNc1cc(C(=O)Nc2ccc(Br)c(Cl)c2)ccn1. The summed E-state index contributed by atoms with van der Waals surface area (Å²) in [5, 5.41) is 6.41.